The quantitative estimate of drug-likeness (QED) is 0.433. The zero-order chi connectivity index (χ0) is 24.0. The van der Waals surface area contributed by atoms with E-state index in [-0.39, 0.29) is 28.3 Å². The van der Waals surface area contributed by atoms with E-state index in [0.717, 1.165) is 6.42 Å². The van der Waals surface area contributed by atoms with E-state index in [1.807, 2.05) is 6.92 Å². The van der Waals surface area contributed by atoms with Gasteiger partial charge in [0.15, 0.2) is 0 Å². The fraction of sp³-hybridized carbons (Fsp3) is 0.160. The van der Waals surface area contributed by atoms with E-state index in [1.54, 1.807) is 31.2 Å². The topological polar surface area (TPSA) is 87.3 Å². The van der Waals surface area contributed by atoms with Crippen molar-refractivity contribution in [2.75, 3.05) is 17.2 Å². The SMILES string of the molecule is CCCNC(=O)c1ccc(Cl)cc1NC(=O)c1ccc(C)c(NC(=O)c2ccccc2F)c1. The minimum absolute atomic E-state index is 0.103. The number of halogens is 2. The van der Waals surface area contributed by atoms with Crippen LogP contribution in [0, 0.1) is 12.7 Å². The molecular weight excluding hydrogens is 445 g/mol. The van der Waals surface area contributed by atoms with Gasteiger partial charge < -0.3 is 16.0 Å². The first-order valence-corrected chi connectivity index (χ1v) is 10.7. The average Bonchev–Trinajstić information content (AvgIpc) is 2.79. The zero-order valence-corrected chi connectivity index (χ0v) is 18.9. The first-order valence-electron chi connectivity index (χ1n) is 10.4. The first kappa shape index (κ1) is 23.9. The molecule has 3 aromatic rings. The molecule has 0 unspecified atom stereocenters. The maximum absolute atomic E-state index is 13.9. The molecule has 0 aliphatic rings. The minimum Gasteiger partial charge on any atom is -0.352 e. The largest absolute Gasteiger partial charge is 0.352 e. The van der Waals surface area contributed by atoms with Gasteiger partial charge in [0, 0.05) is 22.8 Å². The monoisotopic (exact) mass is 467 g/mol. The summed E-state index contributed by atoms with van der Waals surface area (Å²) in [5, 5.41) is 8.48. The van der Waals surface area contributed by atoms with Gasteiger partial charge in [-0.2, -0.15) is 0 Å². The Kier molecular flexibility index (Phi) is 7.79. The molecule has 0 atom stereocenters. The molecule has 6 nitrogen and oxygen atoms in total. The van der Waals surface area contributed by atoms with Gasteiger partial charge in [-0.05, 0) is 61.4 Å². The average molecular weight is 468 g/mol. The Morgan fingerprint density at radius 2 is 1.58 bits per heavy atom. The standard InChI is InChI=1S/C25H23ClFN3O3/c1-3-12-28-24(32)19-11-10-17(26)14-22(19)30-23(31)16-9-8-15(2)21(13-16)29-25(33)18-6-4-5-7-20(18)27/h4-11,13-14H,3,12H2,1-2H3,(H,28,32)(H,29,33)(H,30,31). The van der Waals surface area contributed by atoms with E-state index < -0.39 is 17.6 Å². The Morgan fingerprint density at radius 1 is 0.848 bits per heavy atom. The molecule has 0 saturated heterocycles. The number of anilines is 2. The number of carbonyl (C=O) groups is 3. The van der Waals surface area contributed by atoms with Crippen molar-refractivity contribution >= 4 is 40.7 Å². The lowest BCUT2D eigenvalue weighted by Crippen LogP contribution is -2.26. The summed E-state index contributed by atoms with van der Waals surface area (Å²) in [5.74, 6) is -2.09. The van der Waals surface area contributed by atoms with Crippen LogP contribution in [0.5, 0.6) is 0 Å². The summed E-state index contributed by atoms with van der Waals surface area (Å²) in [6.07, 6.45) is 0.770. The fourth-order valence-electron chi connectivity index (χ4n) is 3.08. The summed E-state index contributed by atoms with van der Waals surface area (Å²) in [6, 6.07) is 15.0. The second-order valence-corrected chi connectivity index (χ2v) is 7.80. The lowest BCUT2D eigenvalue weighted by Gasteiger charge is -2.14. The van der Waals surface area contributed by atoms with Crippen LogP contribution in [0.4, 0.5) is 15.8 Å². The third kappa shape index (κ3) is 5.96. The number of benzene rings is 3. The molecule has 3 amide bonds. The van der Waals surface area contributed by atoms with Crippen LogP contribution in [-0.4, -0.2) is 24.3 Å². The van der Waals surface area contributed by atoms with Crippen molar-refractivity contribution in [1.82, 2.24) is 5.32 Å². The van der Waals surface area contributed by atoms with Gasteiger partial charge in [0.25, 0.3) is 17.7 Å². The van der Waals surface area contributed by atoms with Crippen LogP contribution in [0.15, 0.2) is 60.7 Å². The molecule has 0 aromatic heterocycles. The van der Waals surface area contributed by atoms with Crippen molar-refractivity contribution < 1.29 is 18.8 Å². The molecule has 8 heteroatoms. The Morgan fingerprint density at radius 3 is 2.30 bits per heavy atom. The van der Waals surface area contributed by atoms with Gasteiger partial charge in [0.1, 0.15) is 5.82 Å². The second kappa shape index (κ2) is 10.7. The van der Waals surface area contributed by atoms with Crippen molar-refractivity contribution in [3.8, 4) is 0 Å². The van der Waals surface area contributed by atoms with Crippen LogP contribution in [0.3, 0.4) is 0 Å². The number of aryl methyl sites for hydroxylation is 1. The highest BCUT2D eigenvalue weighted by atomic mass is 35.5. The van der Waals surface area contributed by atoms with Gasteiger partial charge in [-0.1, -0.05) is 36.7 Å². The van der Waals surface area contributed by atoms with Crippen LogP contribution < -0.4 is 16.0 Å². The number of carbonyl (C=O) groups excluding carboxylic acids is 3. The molecule has 170 valence electrons. The second-order valence-electron chi connectivity index (χ2n) is 7.36. The summed E-state index contributed by atoms with van der Waals surface area (Å²) in [6.45, 7) is 4.19. The van der Waals surface area contributed by atoms with Crippen molar-refractivity contribution in [3.05, 3.63) is 93.8 Å². The summed E-state index contributed by atoms with van der Waals surface area (Å²) in [7, 11) is 0. The zero-order valence-electron chi connectivity index (χ0n) is 18.2. The first-order chi connectivity index (χ1) is 15.8. The van der Waals surface area contributed by atoms with Gasteiger partial charge in [-0.3, -0.25) is 14.4 Å². The highest BCUT2D eigenvalue weighted by molar-refractivity contribution is 6.31. The molecule has 3 N–H and O–H groups in total. The smallest absolute Gasteiger partial charge is 0.258 e. The molecular formula is C25H23ClFN3O3. The van der Waals surface area contributed by atoms with Crippen molar-refractivity contribution in [2.45, 2.75) is 20.3 Å². The van der Waals surface area contributed by atoms with E-state index >= 15 is 0 Å². The maximum Gasteiger partial charge on any atom is 0.258 e. The minimum atomic E-state index is -0.642. The van der Waals surface area contributed by atoms with E-state index in [9.17, 15) is 18.8 Å². The molecule has 0 spiro atoms. The molecule has 0 heterocycles. The Labute approximate surface area is 196 Å². The molecule has 3 rings (SSSR count). The fourth-order valence-corrected chi connectivity index (χ4v) is 3.25. The summed E-state index contributed by atoms with van der Waals surface area (Å²) in [4.78, 5) is 37.9. The number of hydrogen-bond acceptors (Lipinski definition) is 3. The Bertz CT molecular complexity index is 1210. The maximum atomic E-state index is 13.9. The molecule has 0 bridgehead atoms. The van der Waals surface area contributed by atoms with Crippen LogP contribution >= 0.6 is 11.6 Å². The number of rotatable bonds is 7. The van der Waals surface area contributed by atoms with Crippen LogP contribution in [0.1, 0.15) is 50.0 Å². The van der Waals surface area contributed by atoms with Crippen molar-refractivity contribution in [2.24, 2.45) is 0 Å². The van der Waals surface area contributed by atoms with Gasteiger partial charge in [-0.25, -0.2) is 4.39 Å². The highest BCUT2D eigenvalue weighted by Crippen LogP contribution is 2.24. The van der Waals surface area contributed by atoms with Crippen molar-refractivity contribution in [1.29, 1.82) is 0 Å². The summed E-state index contributed by atoms with van der Waals surface area (Å²) in [5.41, 5.74) is 1.74. The number of nitrogens with one attached hydrogen (secondary N) is 3. The van der Waals surface area contributed by atoms with Gasteiger partial charge in [0.2, 0.25) is 0 Å². The van der Waals surface area contributed by atoms with E-state index in [0.29, 0.717) is 22.8 Å². The lowest BCUT2D eigenvalue weighted by atomic mass is 10.1. The lowest BCUT2D eigenvalue weighted by molar-refractivity contribution is 0.0953. The summed E-state index contributed by atoms with van der Waals surface area (Å²) >= 11 is 6.07. The molecule has 33 heavy (non-hydrogen) atoms. The predicted octanol–water partition coefficient (Wildman–Crippen LogP) is 5.43. The highest BCUT2D eigenvalue weighted by Gasteiger charge is 2.17. The van der Waals surface area contributed by atoms with Crippen LogP contribution in [0.2, 0.25) is 5.02 Å². The van der Waals surface area contributed by atoms with Crippen LogP contribution in [0.25, 0.3) is 0 Å². The molecule has 0 aliphatic heterocycles. The van der Waals surface area contributed by atoms with Gasteiger partial charge in [-0.15, -0.1) is 0 Å². The third-order valence-corrected chi connectivity index (χ3v) is 5.11. The normalized spacial score (nSPS) is 10.4. The van der Waals surface area contributed by atoms with Crippen molar-refractivity contribution in [3.63, 3.8) is 0 Å². The number of amides is 3. The van der Waals surface area contributed by atoms with E-state index in [2.05, 4.69) is 16.0 Å². The molecule has 0 radical (unpaired) electrons. The molecule has 3 aromatic carbocycles. The van der Waals surface area contributed by atoms with Crippen LogP contribution in [-0.2, 0) is 0 Å². The van der Waals surface area contributed by atoms with E-state index in [1.165, 1.54) is 36.4 Å². The van der Waals surface area contributed by atoms with E-state index in [4.69, 9.17) is 11.6 Å². The number of hydrogen-bond donors (Lipinski definition) is 3. The Balaban J connectivity index is 1.83. The summed E-state index contributed by atoms with van der Waals surface area (Å²) < 4.78 is 13.9. The van der Waals surface area contributed by atoms with Gasteiger partial charge in [0.05, 0.1) is 16.8 Å². The molecule has 0 saturated carbocycles. The molecule has 0 aliphatic carbocycles. The Hall–Kier alpha value is -3.71. The van der Waals surface area contributed by atoms with Gasteiger partial charge >= 0.3 is 0 Å². The predicted molar refractivity (Wildman–Crippen MR) is 128 cm³/mol. The third-order valence-electron chi connectivity index (χ3n) is 4.88. The molecule has 0 fully saturated rings.